The van der Waals surface area contributed by atoms with Crippen LogP contribution in [0.15, 0.2) is 0 Å². The Bertz CT molecular complexity index is 111. The maximum Gasteiger partial charge on any atom is 0.116 e. The van der Waals surface area contributed by atoms with Crippen molar-refractivity contribution in [3.8, 4) is 0 Å². The van der Waals surface area contributed by atoms with Gasteiger partial charge in [-0.2, -0.15) is 0 Å². The van der Waals surface area contributed by atoms with Crippen LogP contribution in [0, 0.1) is 0 Å². The SMILES string of the molecule is OCCCNC1(O)CCCC1. The lowest BCUT2D eigenvalue weighted by atomic mass is 10.2. The van der Waals surface area contributed by atoms with Crippen molar-refractivity contribution in [2.24, 2.45) is 0 Å². The third-order valence-corrected chi connectivity index (χ3v) is 2.22. The molecule has 0 aromatic heterocycles. The normalized spacial score (nSPS) is 22.4. The van der Waals surface area contributed by atoms with Crippen molar-refractivity contribution in [1.82, 2.24) is 5.32 Å². The van der Waals surface area contributed by atoms with E-state index in [1.807, 2.05) is 0 Å². The van der Waals surface area contributed by atoms with Crippen LogP contribution >= 0.6 is 0 Å². The number of rotatable bonds is 4. The van der Waals surface area contributed by atoms with E-state index in [1.54, 1.807) is 0 Å². The van der Waals surface area contributed by atoms with E-state index in [4.69, 9.17) is 5.11 Å². The average Bonchev–Trinajstić information content (AvgIpc) is 2.38. The highest BCUT2D eigenvalue weighted by molar-refractivity contribution is 4.81. The molecule has 0 aliphatic heterocycles. The third kappa shape index (κ3) is 2.77. The molecule has 0 bridgehead atoms. The molecule has 0 aromatic carbocycles. The van der Waals surface area contributed by atoms with Gasteiger partial charge in [0.05, 0.1) is 0 Å². The van der Waals surface area contributed by atoms with Crippen molar-refractivity contribution in [2.45, 2.75) is 37.8 Å². The second kappa shape index (κ2) is 4.04. The molecule has 1 saturated carbocycles. The van der Waals surface area contributed by atoms with Crippen molar-refractivity contribution >= 4 is 0 Å². The van der Waals surface area contributed by atoms with Gasteiger partial charge in [-0.1, -0.05) is 0 Å². The van der Waals surface area contributed by atoms with Gasteiger partial charge in [0.2, 0.25) is 0 Å². The molecule has 0 saturated heterocycles. The molecule has 1 aliphatic rings. The largest absolute Gasteiger partial charge is 0.396 e. The molecular weight excluding hydrogens is 142 g/mol. The molecule has 0 radical (unpaired) electrons. The van der Waals surface area contributed by atoms with Gasteiger partial charge in [0.1, 0.15) is 5.72 Å². The second-order valence-corrected chi connectivity index (χ2v) is 3.24. The van der Waals surface area contributed by atoms with Crippen molar-refractivity contribution in [2.75, 3.05) is 13.2 Å². The first kappa shape index (κ1) is 8.97. The number of aliphatic hydroxyl groups excluding tert-OH is 1. The lowest BCUT2D eigenvalue weighted by Gasteiger charge is -2.23. The topological polar surface area (TPSA) is 52.5 Å². The first-order chi connectivity index (χ1) is 5.27. The van der Waals surface area contributed by atoms with Gasteiger partial charge < -0.3 is 10.2 Å². The summed E-state index contributed by atoms with van der Waals surface area (Å²) in [5, 5.41) is 21.3. The van der Waals surface area contributed by atoms with E-state index >= 15 is 0 Å². The summed E-state index contributed by atoms with van der Waals surface area (Å²) in [5.74, 6) is 0. The molecule has 3 N–H and O–H groups in total. The quantitative estimate of drug-likeness (QED) is 0.406. The number of hydrogen-bond acceptors (Lipinski definition) is 3. The van der Waals surface area contributed by atoms with Crippen LogP contribution in [0.3, 0.4) is 0 Å². The molecule has 0 amide bonds. The minimum Gasteiger partial charge on any atom is -0.396 e. The first-order valence-electron chi connectivity index (χ1n) is 4.35. The first-order valence-corrected chi connectivity index (χ1v) is 4.35. The molecular formula is C8H17NO2. The molecule has 3 nitrogen and oxygen atoms in total. The van der Waals surface area contributed by atoms with Crippen LogP contribution in [0.25, 0.3) is 0 Å². The maximum absolute atomic E-state index is 9.73. The van der Waals surface area contributed by atoms with Crippen LogP contribution in [0.4, 0.5) is 0 Å². The summed E-state index contributed by atoms with van der Waals surface area (Å²) in [7, 11) is 0. The summed E-state index contributed by atoms with van der Waals surface area (Å²) in [6, 6.07) is 0. The molecule has 11 heavy (non-hydrogen) atoms. The predicted molar refractivity (Wildman–Crippen MR) is 43.1 cm³/mol. The van der Waals surface area contributed by atoms with Gasteiger partial charge in [-0.25, -0.2) is 0 Å². The summed E-state index contributed by atoms with van der Waals surface area (Å²) >= 11 is 0. The summed E-state index contributed by atoms with van der Waals surface area (Å²) < 4.78 is 0. The Morgan fingerprint density at radius 2 is 1.91 bits per heavy atom. The van der Waals surface area contributed by atoms with Crippen LogP contribution < -0.4 is 5.32 Å². The van der Waals surface area contributed by atoms with Gasteiger partial charge in [-0.3, -0.25) is 5.32 Å². The van der Waals surface area contributed by atoms with Gasteiger partial charge in [0, 0.05) is 6.61 Å². The zero-order chi connectivity index (χ0) is 8.16. The number of aliphatic hydroxyl groups is 2. The molecule has 1 aliphatic carbocycles. The predicted octanol–water partition coefficient (Wildman–Crippen LogP) is 0.221. The Morgan fingerprint density at radius 1 is 1.27 bits per heavy atom. The van der Waals surface area contributed by atoms with Crippen molar-refractivity contribution in [3.05, 3.63) is 0 Å². The fraction of sp³-hybridized carbons (Fsp3) is 1.00. The van der Waals surface area contributed by atoms with Gasteiger partial charge in [-0.15, -0.1) is 0 Å². The van der Waals surface area contributed by atoms with Gasteiger partial charge in [0.15, 0.2) is 0 Å². The summed E-state index contributed by atoms with van der Waals surface area (Å²) in [6.07, 6.45) is 4.67. The molecule has 66 valence electrons. The van der Waals surface area contributed by atoms with E-state index in [9.17, 15) is 5.11 Å². The fourth-order valence-corrected chi connectivity index (χ4v) is 1.54. The van der Waals surface area contributed by atoms with E-state index in [-0.39, 0.29) is 6.61 Å². The Morgan fingerprint density at radius 3 is 2.45 bits per heavy atom. The van der Waals surface area contributed by atoms with Gasteiger partial charge in [-0.05, 0) is 38.6 Å². The van der Waals surface area contributed by atoms with Gasteiger partial charge in [0.25, 0.3) is 0 Å². The molecule has 1 rings (SSSR count). The van der Waals surface area contributed by atoms with Crippen molar-refractivity contribution in [1.29, 1.82) is 0 Å². The second-order valence-electron chi connectivity index (χ2n) is 3.24. The smallest absolute Gasteiger partial charge is 0.116 e. The minimum atomic E-state index is -0.616. The van der Waals surface area contributed by atoms with Crippen molar-refractivity contribution < 1.29 is 10.2 Å². The highest BCUT2D eigenvalue weighted by Crippen LogP contribution is 2.26. The standard InChI is InChI=1S/C8H17NO2/c10-7-3-6-9-8(11)4-1-2-5-8/h9-11H,1-7H2. The molecule has 1 fully saturated rings. The summed E-state index contributed by atoms with van der Waals surface area (Å²) in [6.45, 7) is 0.913. The summed E-state index contributed by atoms with van der Waals surface area (Å²) in [4.78, 5) is 0. The summed E-state index contributed by atoms with van der Waals surface area (Å²) in [5.41, 5.74) is -0.616. The Labute approximate surface area is 67.4 Å². The molecule has 0 heterocycles. The Hall–Kier alpha value is -0.120. The maximum atomic E-state index is 9.73. The van der Waals surface area contributed by atoms with E-state index < -0.39 is 5.72 Å². The fourth-order valence-electron chi connectivity index (χ4n) is 1.54. The van der Waals surface area contributed by atoms with E-state index in [0.29, 0.717) is 6.54 Å². The average molecular weight is 159 g/mol. The van der Waals surface area contributed by atoms with Crippen LogP contribution in [0.2, 0.25) is 0 Å². The highest BCUT2D eigenvalue weighted by atomic mass is 16.3. The lowest BCUT2D eigenvalue weighted by Crippen LogP contribution is -2.43. The van der Waals surface area contributed by atoms with E-state index in [1.165, 1.54) is 0 Å². The van der Waals surface area contributed by atoms with Crippen LogP contribution in [0.5, 0.6) is 0 Å². The molecule has 3 heteroatoms. The third-order valence-electron chi connectivity index (χ3n) is 2.22. The highest BCUT2D eigenvalue weighted by Gasteiger charge is 2.29. The monoisotopic (exact) mass is 159 g/mol. The number of nitrogens with one attached hydrogen (secondary N) is 1. The molecule has 0 spiro atoms. The Balaban J connectivity index is 2.13. The van der Waals surface area contributed by atoms with Crippen LogP contribution in [0.1, 0.15) is 32.1 Å². The minimum absolute atomic E-state index is 0.198. The zero-order valence-corrected chi connectivity index (χ0v) is 6.84. The Kier molecular flexibility index (Phi) is 3.30. The number of hydrogen-bond donors (Lipinski definition) is 3. The van der Waals surface area contributed by atoms with Crippen LogP contribution in [-0.2, 0) is 0 Å². The molecule has 0 unspecified atom stereocenters. The van der Waals surface area contributed by atoms with E-state index in [2.05, 4.69) is 5.32 Å². The van der Waals surface area contributed by atoms with Gasteiger partial charge >= 0.3 is 0 Å². The van der Waals surface area contributed by atoms with Crippen LogP contribution in [-0.4, -0.2) is 29.1 Å². The van der Waals surface area contributed by atoms with E-state index in [0.717, 1.165) is 32.1 Å². The lowest BCUT2D eigenvalue weighted by molar-refractivity contribution is 0.0114. The van der Waals surface area contributed by atoms with Crippen molar-refractivity contribution in [3.63, 3.8) is 0 Å². The zero-order valence-electron chi connectivity index (χ0n) is 6.84. The molecule has 0 aromatic rings. The molecule has 0 atom stereocenters.